The molecule has 1 unspecified atom stereocenters. The van der Waals surface area contributed by atoms with E-state index in [0.717, 1.165) is 43.0 Å². The van der Waals surface area contributed by atoms with Crippen LogP contribution in [0.5, 0.6) is 0 Å². The number of anilines is 2. The van der Waals surface area contributed by atoms with Crippen molar-refractivity contribution in [1.29, 1.82) is 0 Å². The van der Waals surface area contributed by atoms with Crippen LogP contribution in [0, 0.1) is 5.92 Å². The fourth-order valence-electron chi connectivity index (χ4n) is 2.34. The number of nitrogens with zero attached hydrogens (tertiary/aromatic N) is 1. The number of amides is 1. The van der Waals surface area contributed by atoms with E-state index < -0.39 is 0 Å². The van der Waals surface area contributed by atoms with Gasteiger partial charge in [-0.05, 0) is 18.1 Å². The monoisotopic (exact) mass is 261 g/mol. The summed E-state index contributed by atoms with van der Waals surface area (Å²) in [6.45, 7) is 6.87. The lowest BCUT2D eigenvalue weighted by Crippen LogP contribution is -2.32. The minimum Gasteiger partial charge on any atom is -0.382 e. The van der Waals surface area contributed by atoms with E-state index in [1.54, 1.807) is 0 Å². The molecule has 1 aromatic rings. The molecule has 1 heterocycles. The minimum atomic E-state index is 0.0911. The van der Waals surface area contributed by atoms with Crippen molar-refractivity contribution in [1.82, 2.24) is 4.90 Å². The van der Waals surface area contributed by atoms with Gasteiger partial charge in [0.2, 0.25) is 0 Å². The zero-order chi connectivity index (χ0) is 13.8. The Hall–Kier alpha value is -1.71. The van der Waals surface area contributed by atoms with Gasteiger partial charge in [0.1, 0.15) is 0 Å². The second-order valence-corrected chi connectivity index (χ2v) is 5.28. The van der Waals surface area contributed by atoms with E-state index in [-0.39, 0.29) is 5.91 Å². The fourth-order valence-corrected chi connectivity index (χ4v) is 2.34. The smallest absolute Gasteiger partial charge is 0.255 e. The summed E-state index contributed by atoms with van der Waals surface area (Å²) < 4.78 is 0. The third-order valence-corrected chi connectivity index (χ3v) is 3.67. The van der Waals surface area contributed by atoms with E-state index in [4.69, 9.17) is 0 Å². The van der Waals surface area contributed by atoms with Gasteiger partial charge in [0, 0.05) is 26.7 Å². The normalized spacial score (nSPS) is 14.9. The molecule has 1 aliphatic rings. The second-order valence-electron chi connectivity index (χ2n) is 5.28. The molecule has 0 spiro atoms. The van der Waals surface area contributed by atoms with E-state index in [0.29, 0.717) is 5.92 Å². The average Bonchev–Trinajstić information content (AvgIpc) is 2.45. The first-order valence-corrected chi connectivity index (χ1v) is 6.99. The van der Waals surface area contributed by atoms with Crippen molar-refractivity contribution in [3.8, 4) is 0 Å². The zero-order valence-corrected chi connectivity index (χ0v) is 12.0. The summed E-state index contributed by atoms with van der Waals surface area (Å²) in [5, 5.41) is 6.64. The van der Waals surface area contributed by atoms with Gasteiger partial charge in [0.05, 0.1) is 16.9 Å². The molecule has 4 heteroatoms. The van der Waals surface area contributed by atoms with E-state index >= 15 is 0 Å². The van der Waals surface area contributed by atoms with Crippen LogP contribution in [0.2, 0.25) is 0 Å². The number of hydrogen-bond donors (Lipinski definition) is 2. The summed E-state index contributed by atoms with van der Waals surface area (Å²) in [7, 11) is 1.88. The van der Waals surface area contributed by atoms with E-state index in [9.17, 15) is 4.79 Å². The number of hydrogen-bond acceptors (Lipinski definition) is 3. The van der Waals surface area contributed by atoms with Crippen molar-refractivity contribution >= 4 is 17.3 Å². The van der Waals surface area contributed by atoms with Gasteiger partial charge in [-0.25, -0.2) is 0 Å². The summed E-state index contributed by atoms with van der Waals surface area (Å²) in [6.07, 6.45) is 1.09. The van der Waals surface area contributed by atoms with Gasteiger partial charge < -0.3 is 15.5 Å². The summed E-state index contributed by atoms with van der Waals surface area (Å²) in [5.74, 6) is 0.618. The predicted octanol–water partition coefficient (Wildman–Crippen LogP) is 2.64. The van der Waals surface area contributed by atoms with Crippen molar-refractivity contribution < 1.29 is 4.79 Å². The maximum Gasteiger partial charge on any atom is 0.255 e. The van der Waals surface area contributed by atoms with Crippen molar-refractivity contribution in [2.45, 2.75) is 20.3 Å². The van der Waals surface area contributed by atoms with Gasteiger partial charge in [-0.15, -0.1) is 0 Å². The largest absolute Gasteiger partial charge is 0.382 e. The molecular formula is C15H23N3O. The topological polar surface area (TPSA) is 44.4 Å². The number of nitrogens with one attached hydrogen (secondary N) is 2. The fraction of sp³-hybridized carbons (Fsp3) is 0.533. The van der Waals surface area contributed by atoms with Crippen LogP contribution in [0.1, 0.15) is 30.6 Å². The second kappa shape index (κ2) is 5.95. The van der Waals surface area contributed by atoms with Crippen LogP contribution < -0.4 is 10.6 Å². The summed E-state index contributed by atoms with van der Waals surface area (Å²) in [5.41, 5.74) is 2.72. The highest BCUT2D eigenvalue weighted by molar-refractivity contribution is 6.02. The van der Waals surface area contributed by atoms with Crippen molar-refractivity contribution in [2.24, 2.45) is 5.92 Å². The Labute approximate surface area is 115 Å². The van der Waals surface area contributed by atoms with Crippen molar-refractivity contribution in [3.63, 3.8) is 0 Å². The standard InChI is InChI=1S/C15H23N3O/c1-4-11(2)10-18(3)15(19)12-6-5-7-13-14(12)17-9-8-16-13/h5-7,11,16-17H,4,8-10H2,1-3H3. The third kappa shape index (κ3) is 3.00. The number of carbonyl (C=O) groups excluding carboxylic acids is 1. The highest BCUT2D eigenvalue weighted by Crippen LogP contribution is 2.29. The van der Waals surface area contributed by atoms with Crippen LogP contribution >= 0.6 is 0 Å². The van der Waals surface area contributed by atoms with Crippen molar-refractivity contribution in [2.75, 3.05) is 37.3 Å². The first kappa shape index (κ1) is 13.7. The van der Waals surface area contributed by atoms with Gasteiger partial charge >= 0.3 is 0 Å². The Bertz CT molecular complexity index is 459. The molecule has 19 heavy (non-hydrogen) atoms. The number of benzene rings is 1. The Kier molecular flexibility index (Phi) is 4.30. The molecule has 1 aliphatic heterocycles. The molecule has 0 aromatic heterocycles. The molecule has 2 N–H and O–H groups in total. The first-order chi connectivity index (χ1) is 9.13. The summed E-state index contributed by atoms with van der Waals surface area (Å²) in [6, 6.07) is 5.84. The number of para-hydroxylation sites is 1. The molecule has 0 radical (unpaired) electrons. The molecule has 0 fully saturated rings. The molecule has 4 nitrogen and oxygen atoms in total. The van der Waals surface area contributed by atoms with E-state index in [2.05, 4.69) is 24.5 Å². The van der Waals surface area contributed by atoms with E-state index in [1.165, 1.54) is 0 Å². The van der Waals surface area contributed by atoms with Gasteiger partial charge in [0.25, 0.3) is 5.91 Å². The maximum atomic E-state index is 12.5. The average molecular weight is 261 g/mol. The molecule has 0 saturated heterocycles. The molecule has 0 aliphatic carbocycles. The number of fused-ring (bicyclic) bond motifs is 1. The highest BCUT2D eigenvalue weighted by Gasteiger charge is 2.20. The van der Waals surface area contributed by atoms with Gasteiger partial charge in [0.15, 0.2) is 0 Å². The first-order valence-electron chi connectivity index (χ1n) is 6.99. The Morgan fingerprint density at radius 3 is 2.84 bits per heavy atom. The van der Waals surface area contributed by atoms with Crippen LogP contribution in [-0.4, -0.2) is 37.5 Å². The lowest BCUT2D eigenvalue weighted by molar-refractivity contribution is 0.0776. The van der Waals surface area contributed by atoms with Gasteiger partial charge in [-0.1, -0.05) is 26.3 Å². The quantitative estimate of drug-likeness (QED) is 0.875. The number of rotatable bonds is 4. The maximum absolute atomic E-state index is 12.5. The van der Waals surface area contributed by atoms with E-state index in [1.807, 2.05) is 30.1 Å². The van der Waals surface area contributed by atoms with Gasteiger partial charge in [-0.2, -0.15) is 0 Å². The molecular weight excluding hydrogens is 238 g/mol. The lowest BCUT2D eigenvalue weighted by Gasteiger charge is -2.26. The van der Waals surface area contributed by atoms with Crippen molar-refractivity contribution in [3.05, 3.63) is 23.8 Å². The molecule has 2 rings (SSSR count). The molecule has 1 atom stereocenters. The third-order valence-electron chi connectivity index (χ3n) is 3.67. The molecule has 1 aromatic carbocycles. The predicted molar refractivity (Wildman–Crippen MR) is 79.8 cm³/mol. The van der Waals surface area contributed by atoms with Crippen LogP contribution in [-0.2, 0) is 0 Å². The van der Waals surface area contributed by atoms with Gasteiger partial charge in [-0.3, -0.25) is 4.79 Å². The Balaban J connectivity index is 2.19. The van der Waals surface area contributed by atoms with Crippen LogP contribution in [0.4, 0.5) is 11.4 Å². The molecule has 0 saturated carbocycles. The summed E-state index contributed by atoms with van der Waals surface area (Å²) in [4.78, 5) is 14.3. The summed E-state index contributed by atoms with van der Waals surface area (Å²) >= 11 is 0. The molecule has 1 amide bonds. The van der Waals surface area contributed by atoms with Crippen LogP contribution in [0.15, 0.2) is 18.2 Å². The zero-order valence-electron chi connectivity index (χ0n) is 12.0. The molecule has 0 bridgehead atoms. The lowest BCUT2D eigenvalue weighted by atomic mass is 10.1. The number of carbonyl (C=O) groups is 1. The Morgan fingerprint density at radius 1 is 1.37 bits per heavy atom. The molecule has 104 valence electrons. The highest BCUT2D eigenvalue weighted by atomic mass is 16.2. The minimum absolute atomic E-state index is 0.0911. The SMILES string of the molecule is CCC(C)CN(C)C(=O)c1cccc2c1NCCN2. The van der Waals surface area contributed by atoms with Crippen LogP contribution in [0.3, 0.4) is 0 Å². The van der Waals surface area contributed by atoms with Crippen LogP contribution in [0.25, 0.3) is 0 Å². The Morgan fingerprint density at radius 2 is 2.11 bits per heavy atom.